The van der Waals surface area contributed by atoms with Crippen LogP contribution in [0.15, 0.2) is 30.6 Å². The van der Waals surface area contributed by atoms with Crippen molar-refractivity contribution in [3.05, 3.63) is 46.4 Å². The van der Waals surface area contributed by atoms with Crippen LogP contribution in [0.3, 0.4) is 0 Å². The third-order valence-corrected chi connectivity index (χ3v) is 2.48. The van der Waals surface area contributed by atoms with E-state index in [9.17, 15) is 10.1 Å². The number of nitro groups is 1. The van der Waals surface area contributed by atoms with E-state index in [4.69, 9.17) is 20.6 Å². The van der Waals surface area contributed by atoms with Gasteiger partial charge in [-0.15, -0.1) is 0 Å². The largest absolute Gasteiger partial charge is 0.490 e. The van der Waals surface area contributed by atoms with Crippen molar-refractivity contribution >= 4 is 11.5 Å². The van der Waals surface area contributed by atoms with Crippen LogP contribution in [-0.4, -0.2) is 27.8 Å². The minimum Gasteiger partial charge on any atom is -0.490 e. The standard InChI is InChI=1S/C12H11N5O4/c1-20-9-3-2-7(6-8(9)17(18)19)21-12-10(11(13)14)15-4-5-16-12/h2-6H,1H3,(H3,13,14). The third-order valence-electron chi connectivity index (χ3n) is 2.48. The molecule has 21 heavy (non-hydrogen) atoms. The minimum absolute atomic E-state index is 0.00975. The van der Waals surface area contributed by atoms with Crippen LogP contribution in [0, 0.1) is 15.5 Å². The predicted molar refractivity (Wildman–Crippen MR) is 72.8 cm³/mol. The normalized spacial score (nSPS) is 9.95. The molecule has 0 unspecified atom stereocenters. The van der Waals surface area contributed by atoms with Gasteiger partial charge in [0.1, 0.15) is 11.6 Å². The van der Waals surface area contributed by atoms with Gasteiger partial charge in [0.2, 0.25) is 5.88 Å². The van der Waals surface area contributed by atoms with Crippen molar-refractivity contribution in [2.24, 2.45) is 5.73 Å². The number of methoxy groups -OCH3 is 1. The van der Waals surface area contributed by atoms with Crippen LogP contribution < -0.4 is 15.2 Å². The topological polar surface area (TPSA) is 137 Å². The van der Waals surface area contributed by atoms with E-state index in [2.05, 4.69) is 9.97 Å². The third kappa shape index (κ3) is 3.03. The molecular weight excluding hydrogens is 278 g/mol. The molecule has 108 valence electrons. The SMILES string of the molecule is COc1ccc(Oc2nccnc2C(=N)N)cc1[N+](=O)[O-]. The lowest BCUT2D eigenvalue weighted by Crippen LogP contribution is -2.15. The quantitative estimate of drug-likeness (QED) is 0.368. The monoisotopic (exact) mass is 289 g/mol. The molecule has 2 rings (SSSR count). The maximum Gasteiger partial charge on any atom is 0.314 e. The van der Waals surface area contributed by atoms with E-state index in [1.165, 1.54) is 37.7 Å². The summed E-state index contributed by atoms with van der Waals surface area (Å²) in [6.45, 7) is 0. The van der Waals surface area contributed by atoms with Crippen LogP contribution >= 0.6 is 0 Å². The minimum atomic E-state index is -0.589. The Hall–Kier alpha value is -3.23. The fraction of sp³-hybridized carbons (Fsp3) is 0.0833. The first kappa shape index (κ1) is 14.2. The van der Waals surface area contributed by atoms with Gasteiger partial charge in [0.05, 0.1) is 18.1 Å². The Morgan fingerprint density at radius 2 is 2.10 bits per heavy atom. The summed E-state index contributed by atoms with van der Waals surface area (Å²) in [5.74, 6) is -0.0608. The Kier molecular flexibility index (Phi) is 3.93. The zero-order valence-electron chi connectivity index (χ0n) is 10.9. The first-order valence-corrected chi connectivity index (χ1v) is 5.68. The Morgan fingerprint density at radius 1 is 1.38 bits per heavy atom. The summed E-state index contributed by atoms with van der Waals surface area (Å²) >= 11 is 0. The molecule has 3 N–H and O–H groups in total. The van der Waals surface area contributed by atoms with E-state index < -0.39 is 4.92 Å². The van der Waals surface area contributed by atoms with E-state index in [1.807, 2.05) is 0 Å². The second-order valence-corrected chi connectivity index (χ2v) is 3.82. The van der Waals surface area contributed by atoms with Gasteiger partial charge in [0.25, 0.3) is 0 Å². The van der Waals surface area contributed by atoms with Gasteiger partial charge in [0.15, 0.2) is 11.4 Å². The molecule has 0 aliphatic rings. The number of hydrogen-bond donors (Lipinski definition) is 2. The number of ether oxygens (including phenoxy) is 2. The maximum absolute atomic E-state index is 10.9. The van der Waals surface area contributed by atoms with Crippen molar-refractivity contribution in [1.82, 2.24) is 9.97 Å². The number of nitrogen functional groups attached to an aromatic ring is 1. The number of hydrogen-bond acceptors (Lipinski definition) is 7. The molecule has 0 aliphatic heterocycles. The smallest absolute Gasteiger partial charge is 0.314 e. The van der Waals surface area contributed by atoms with Gasteiger partial charge in [-0.2, -0.15) is 0 Å². The highest BCUT2D eigenvalue weighted by Gasteiger charge is 2.17. The summed E-state index contributed by atoms with van der Waals surface area (Å²) in [7, 11) is 1.33. The summed E-state index contributed by atoms with van der Waals surface area (Å²) in [5, 5.41) is 18.3. The molecule has 9 nitrogen and oxygen atoms in total. The molecule has 2 aromatic rings. The van der Waals surface area contributed by atoms with Gasteiger partial charge >= 0.3 is 5.69 Å². The molecule has 0 radical (unpaired) electrons. The number of amidine groups is 1. The highest BCUT2D eigenvalue weighted by Crippen LogP contribution is 2.32. The zero-order chi connectivity index (χ0) is 15.4. The number of benzene rings is 1. The number of nitro benzene ring substituents is 1. The van der Waals surface area contributed by atoms with E-state index in [0.717, 1.165) is 0 Å². The van der Waals surface area contributed by atoms with Gasteiger partial charge < -0.3 is 15.2 Å². The maximum atomic E-state index is 10.9. The van der Waals surface area contributed by atoms with E-state index in [-0.39, 0.29) is 34.6 Å². The van der Waals surface area contributed by atoms with Crippen molar-refractivity contribution in [3.63, 3.8) is 0 Å². The molecule has 0 saturated carbocycles. The fourth-order valence-electron chi connectivity index (χ4n) is 1.57. The average Bonchev–Trinajstić information content (AvgIpc) is 2.47. The molecule has 0 fully saturated rings. The molecule has 0 amide bonds. The van der Waals surface area contributed by atoms with Gasteiger partial charge in [-0.25, -0.2) is 9.97 Å². The van der Waals surface area contributed by atoms with Crippen molar-refractivity contribution in [1.29, 1.82) is 5.41 Å². The first-order chi connectivity index (χ1) is 10.0. The van der Waals surface area contributed by atoms with Gasteiger partial charge in [-0.05, 0) is 12.1 Å². The Morgan fingerprint density at radius 3 is 2.71 bits per heavy atom. The number of nitrogens with one attached hydrogen (secondary N) is 1. The molecule has 0 spiro atoms. The lowest BCUT2D eigenvalue weighted by Gasteiger charge is -2.08. The van der Waals surface area contributed by atoms with Crippen molar-refractivity contribution in [3.8, 4) is 17.4 Å². The number of aromatic nitrogens is 2. The molecule has 1 heterocycles. The molecule has 9 heteroatoms. The Balaban J connectivity index is 2.39. The molecule has 0 saturated heterocycles. The van der Waals surface area contributed by atoms with Gasteiger partial charge in [0, 0.05) is 12.4 Å². The molecule has 0 atom stereocenters. The lowest BCUT2D eigenvalue weighted by molar-refractivity contribution is -0.385. The second-order valence-electron chi connectivity index (χ2n) is 3.82. The van der Waals surface area contributed by atoms with Crippen LogP contribution in [-0.2, 0) is 0 Å². The Labute approximate surface area is 119 Å². The van der Waals surface area contributed by atoms with Crippen LogP contribution in [0.25, 0.3) is 0 Å². The number of nitrogens with two attached hydrogens (primary N) is 1. The molecule has 1 aromatic heterocycles. The number of rotatable bonds is 5. The zero-order valence-corrected chi connectivity index (χ0v) is 10.9. The van der Waals surface area contributed by atoms with Crippen LogP contribution in [0.2, 0.25) is 0 Å². The highest BCUT2D eigenvalue weighted by molar-refractivity contribution is 5.95. The molecular formula is C12H11N5O4. The van der Waals surface area contributed by atoms with E-state index in [1.54, 1.807) is 0 Å². The van der Waals surface area contributed by atoms with E-state index in [0.29, 0.717) is 0 Å². The Bertz CT molecular complexity index is 704. The molecule has 0 bridgehead atoms. The van der Waals surface area contributed by atoms with Crippen molar-refractivity contribution in [2.45, 2.75) is 0 Å². The second kappa shape index (κ2) is 5.82. The predicted octanol–water partition coefficient (Wildman–Crippen LogP) is 1.47. The summed E-state index contributed by atoms with van der Waals surface area (Å²) in [4.78, 5) is 18.1. The molecule has 0 aliphatic carbocycles. The summed E-state index contributed by atoms with van der Waals surface area (Å²) in [5.41, 5.74) is 5.17. The summed E-state index contributed by atoms with van der Waals surface area (Å²) in [6, 6.07) is 4.07. The molecule has 1 aromatic carbocycles. The summed E-state index contributed by atoms with van der Waals surface area (Å²) in [6.07, 6.45) is 2.72. The van der Waals surface area contributed by atoms with Crippen LogP contribution in [0.5, 0.6) is 17.4 Å². The average molecular weight is 289 g/mol. The van der Waals surface area contributed by atoms with Crippen LogP contribution in [0.1, 0.15) is 5.69 Å². The fourth-order valence-corrected chi connectivity index (χ4v) is 1.57. The van der Waals surface area contributed by atoms with E-state index >= 15 is 0 Å². The first-order valence-electron chi connectivity index (χ1n) is 5.68. The lowest BCUT2D eigenvalue weighted by atomic mass is 10.3. The summed E-state index contributed by atoms with van der Waals surface area (Å²) < 4.78 is 10.3. The van der Waals surface area contributed by atoms with Gasteiger partial charge in [-0.1, -0.05) is 0 Å². The van der Waals surface area contributed by atoms with Crippen LogP contribution in [0.4, 0.5) is 5.69 Å². The van der Waals surface area contributed by atoms with Crippen molar-refractivity contribution in [2.75, 3.05) is 7.11 Å². The van der Waals surface area contributed by atoms with Crippen molar-refractivity contribution < 1.29 is 14.4 Å². The highest BCUT2D eigenvalue weighted by atomic mass is 16.6. The number of nitrogens with zero attached hydrogens (tertiary/aromatic N) is 3. The van der Waals surface area contributed by atoms with Gasteiger partial charge in [-0.3, -0.25) is 15.5 Å².